The molecule has 13 heteroatoms. The number of carbonyl (C=O) groups is 6. The van der Waals surface area contributed by atoms with Crippen molar-refractivity contribution in [2.75, 3.05) is 65.8 Å². The van der Waals surface area contributed by atoms with Gasteiger partial charge in [0.25, 0.3) is 23.6 Å². The monoisotopic (exact) mass is 704 g/mol. The van der Waals surface area contributed by atoms with Gasteiger partial charge in [-0.1, -0.05) is 64.8 Å². The molecule has 13 nitrogen and oxygen atoms in total. The molecule has 0 radical (unpaired) electrons. The van der Waals surface area contributed by atoms with Crippen molar-refractivity contribution in [1.82, 2.24) is 19.6 Å². The Balaban J connectivity index is 1.30. The first-order valence-electron chi connectivity index (χ1n) is 17.9. The van der Waals surface area contributed by atoms with Crippen molar-refractivity contribution < 1.29 is 43.0 Å². The van der Waals surface area contributed by atoms with Crippen molar-refractivity contribution in [2.24, 2.45) is 11.8 Å². The van der Waals surface area contributed by atoms with Crippen molar-refractivity contribution in [1.29, 1.82) is 0 Å². The highest BCUT2D eigenvalue weighted by molar-refractivity contribution is 6.23. The van der Waals surface area contributed by atoms with Crippen LogP contribution < -0.4 is 0 Å². The van der Waals surface area contributed by atoms with Gasteiger partial charge in [0, 0.05) is 26.2 Å². The molecular weight excluding hydrogens is 656 g/mol. The molecule has 3 aliphatic heterocycles. The number of nitrogens with zero attached hydrogens (tertiary/aromatic N) is 4. The lowest BCUT2D eigenvalue weighted by atomic mass is 9.96. The average Bonchev–Trinajstić information content (AvgIpc) is 3.53. The Labute approximate surface area is 298 Å². The fraction of sp³-hybridized carbons (Fsp3) is 0.526. The van der Waals surface area contributed by atoms with E-state index in [1.54, 1.807) is 58.3 Å². The number of carbonyl (C=O) groups excluding carboxylic acids is 6. The second-order valence-electron chi connectivity index (χ2n) is 13.2. The van der Waals surface area contributed by atoms with Crippen molar-refractivity contribution >= 4 is 35.4 Å². The number of hydrogen-bond acceptors (Lipinski definition) is 9. The van der Waals surface area contributed by atoms with Crippen molar-refractivity contribution in [3.05, 3.63) is 70.8 Å². The van der Waals surface area contributed by atoms with Gasteiger partial charge in [0.15, 0.2) is 0 Å². The fourth-order valence-corrected chi connectivity index (χ4v) is 6.75. The summed E-state index contributed by atoms with van der Waals surface area (Å²) < 4.78 is 17.5. The number of imide groups is 2. The fourth-order valence-electron chi connectivity index (χ4n) is 6.75. The van der Waals surface area contributed by atoms with E-state index in [0.29, 0.717) is 12.8 Å². The van der Waals surface area contributed by atoms with E-state index in [1.165, 1.54) is 0 Å². The Morgan fingerprint density at radius 3 is 1.08 bits per heavy atom. The molecule has 0 spiro atoms. The molecule has 3 aliphatic rings. The first kappa shape index (κ1) is 37.8. The number of benzene rings is 2. The third kappa shape index (κ3) is 7.90. The number of ether oxygens (including phenoxy) is 3. The van der Waals surface area contributed by atoms with Gasteiger partial charge in [-0.05, 0) is 36.1 Å². The maximum absolute atomic E-state index is 14.2. The van der Waals surface area contributed by atoms with Crippen molar-refractivity contribution in [2.45, 2.75) is 52.6 Å². The van der Waals surface area contributed by atoms with Gasteiger partial charge in [-0.25, -0.2) is 0 Å². The molecule has 0 aromatic heterocycles. The average molecular weight is 705 g/mol. The summed E-state index contributed by atoms with van der Waals surface area (Å²) in [7, 11) is 0. The van der Waals surface area contributed by atoms with Crippen LogP contribution in [0.1, 0.15) is 82.0 Å². The quantitative estimate of drug-likeness (QED) is 0.379. The van der Waals surface area contributed by atoms with E-state index in [-0.39, 0.29) is 112 Å². The van der Waals surface area contributed by atoms with Crippen LogP contribution in [0.3, 0.4) is 0 Å². The van der Waals surface area contributed by atoms with E-state index in [0.717, 1.165) is 9.80 Å². The second kappa shape index (κ2) is 17.2. The third-order valence-electron chi connectivity index (χ3n) is 10.1. The lowest BCUT2D eigenvalue weighted by Crippen LogP contribution is -2.55. The van der Waals surface area contributed by atoms with E-state index in [2.05, 4.69) is 0 Å². The minimum atomic E-state index is -1.01. The summed E-state index contributed by atoms with van der Waals surface area (Å²) in [5.41, 5.74) is 1.13. The number of rotatable bonds is 8. The van der Waals surface area contributed by atoms with Gasteiger partial charge in [0.2, 0.25) is 11.8 Å². The van der Waals surface area contributed by atoms with Crippen LogP contribution in [0.5, 0.6) is 0 Å². The van der Waals surface area contributed by atoms with Crippen molar-refractivity contribution in [3.63, 3.8) is 0 Å². The van der Waals surface area contributed by atoms with Gasteiger partial charge < -0.3 is 24.0 Å². The Morgan fingerprint density at radius 1 is 0.529 bits per heavy atom. The van der Waals surface area contributed by atoms with Crippen LogP contribution in [0.15, 0.2) is 48.5 Å². The van der Waals surface area contributed by atoms with Gasteiger partial charge in [0.1, 0.15) is 12.1 Å². The van der Waals surface area contributed by atoms with Crippen molar-refractivity contribution in [3.8, 4) is 0 Å². The summed E-state index contributed by atoms with van der Waals surface area (Å²) in [5, 5.41) is 0. The maximum atomic E-state index is 14.2. The highest BCUT2D eigenvalue weighted by atomic mass is 16.5. The Morgan fingerprint density at radius 2 is 0.804 bits per heavy atom. The zero-order chi connectivity index (χ0) is 36.7. The highest BCUT2D eigenvalue weighted by Crippen LogP contribution is 2.31. The zero-order valence-corrected chi connectivity index (χ0v) is 29.9. The first-order valence-corrected chi connectivity index (χ1v) is 17.9. The molecule has 274 valence electrons. The van der Waals surface area contributed by atoms with Crippen LogP contribution in [0.2, 0.25) is 0 Å². The Bertz CT molecular complexity index is 1440. The molecule has 1 saturated heterocycles. The number of hydrogen-bond donors (Lipinski definition) is 0. The topological polar surface area (TPSA) is 143 Å². The molecule has 1 fully saturated rings. The van der Waals surface area contributed by atoms with E-state index in [4.69, 9.17) is 14.2 Å². The van der Waals surface area contributed by atoms with E-state index in [9.17, 15) is 28.8 Å². The van der Waals surface area contributed by atoms with Gasteiger partial charge in [-0.15, -0.1) is 0 Å². The van der Waals surface area contributed by atoms with E-state index < -0.39 is 35.7 Å². The van der Waals surface area contributed by atoms with Crippen LogP contribution in [-0.4, -0.2) is 133 Å². The highest BCUT2D eigenvalue weighted by Gasteiger charge is 2.47. The summed E-state index contributed by atoms with van der Waals surface area (Å²) in [6.45, 7) is 9.38. The summed E-state index contributed by atoms with van der Waals surface area (Å²) >= 11 is 0. The third-order valence-corrected chi connectivity index (χ3v) is 10.1. The molecule has 3 heterocycles. The molecule has 0 saturated carbocycles. The van der Waals surface area contributed by atoms with E-state index >= 15 is 0 Å². The minimum absolute atomic E-state index is 0.118. The molecular formula is C38H48N4O9. The molecule has 51 heavy (non-hydrogen) atoms. The Hall–Kier alpha value is -4.46. The zero-order valence-electron chi connectivity index (χ0n) is 29.9. The lowest BCUT2D eigenvalue weighted by molar-refractivity contribution is -0.139. The molecule has 0 N–H and O–H groups in total. The van der Waals surface area contributed by atoms with E-state index in [1.807, 2.05) is 27.7 Å². The minimum Gasteiger partial charge on any atom is -0.378 e. The summed E-state index contributed by atoms with van der Waals surface area (Å²) in [4.78, 5) is 87.5. The molecule has 4 atom stereocenters. The van der Waals surface area contributed by atoms with Gasteiger partial charge >= 0.3 is 0 Å². The maximum Gasteiger partial charge on any atom is 0.262 e. The molecule has 5 rings (SSSR count). The summed E-state index contributed by atoms with van der Waals surface area (Å²) in [6.07, 6.45) is 1.12. The van der Waals surface area contributed by atoms with Gasteiger partial charge in [0.05, 0.1) is 61.9 Å². The molecule has 0 bridgehead atoms. The normalized spacial score (nSPS) is 20.3. The van der Waals surface area contributed by atoms with Crippen LogP contribution in [0.25, 0.3) is 0 Å². The van der Waals surface area contributed by atoms with Gasteiger partial charge in [-0.2, -0.15) is 0 Å². The summed E-state index contributed by atoms with van der Waals surface area (Å²) in [6, 6.07) is 11.1. The largest absolute Gasteiger partial charge is 0.378 e. The molecule has 0 unspecified atom stereocenters. The van der Waals surface area contributed by atoms with Crippen LogP contribution in [0.4, 0.5) is 0 Å². The Kier molecular flexibility index (Phi) is 12.7. The molecule has 2 aromatic rings. The number of amides is 6. The molecule has 0 aliphatic carbocycles. The predicted octanol–water partition coefficient (Wildman–Crippen LogP) is 3.13. The standard InChI is InChI=1S/C38H48N4O9/c1-5-25(3)31(41-33(43)27-11-7-8-12-28(27)34(41)44)37(47)39-15-19-49-20-16-40(18-22-51-24-23-50-21-17-39)38(48)32(26(4)6-2)42-35(45)29-13-9-10-14-30(29)36(42)46/h7-14,25-26,31-32H,5-6,15-24H2,1-4H3/t25-,26-,31+,32+/m0/s1. The van der Waals surface area contributed by atoms with Crippen LogP contribution in [0, 0.1) is 11.8 Å². The molecule has 2 aromatic carbocycles. The lowest BCUT2D eigenvalue weighted by Gasteiger charge is -2.35. The molecule has 6 amide bonds. The second-order valence-corrected chi connectivity index (χ2v) is 13.2. The summed E-state index contributed by atoms with van der Waals surface area (Å²) in [5.74, 6) is -3.32. The SMILES string of the molecule is CC[C@H](C)[C@H](C(=O)N1CCOCCOCCN(C(=O)[C@@H]([C@@H](C)CC)N2C(=O)c3ccccc3C2=O)CCOCC1)N1C(=O)c2ccccc2C1=O. The first-order chi connectivity index (χ1) is 24.6. The number of fused-ring (bicyclic) bond motifs is 2. The van der Waals surface area contributed by atoms with Crippen LogP contribution in [-0.2, 0) is 23.8 Å². The predicted molar refractivity (Wildman–Crippen MR) is 186 cm³/mol. The van der Waals surface area contributed by atoms with Crippen LogP contribution >= 0.6 is 0 Å². The smallest absolute Gasteiger partial charge is 0.262 e. The van der Waals surface area contributed by atoms with Gasteiger partial charge in [-0.3, -0.25) is 38.6 Å².